The highest BCUT2D eigenvalue weighted by Crippen LogP contribution is 2.27. The molecule has 0 aliphatic rings. The zero-order chi connectivity index (χ0) is 12.3. The van der Waals surface area contributed by atoms with Crippen LogP contribution in [-0.4, -0.2) is 0 Å². The van der Waals surface area contributed by atoms with Crippen molar-refractivity contribution in [1.29, 1.82) is 0 Å². The van der Waals surface area contributed by atoms with Crippen molar-refractivity contribution >= 4 is 17.4 Å². The molecule has 2 aromatic carbocycles. The average Bonchev–Trinajstić information content (AvgIpc) is 2.28. The zero-order valence-corrected chi connectivity index (χ0v) is 11.1. The van der Waals surface area contributed by atoms with Gasteiger partial charge in [-0.25, -0.2) is 0 Å². The molecule has 0 aliphatic carbocycles. The van der Waals surface area contributed by atoms with Gasteiger partial charge in [0.1, 0.15) is 0 Å². The summed E-state index contributed by atoms with van der Waals surface area (Å²) in [6, 6.07) is 14.7. The number of hydrogen-bond donors (Lipinski definition) is 1. The van der Waals surface area contributed by atoms with Crippen molar-refractivity contribution in [2.45, 2.75) is 24.5 Å². The van der Waals surface area contributed by atoms with Crippen LogP contribution < -0.4 is 5.73 Å². The van der Waals surface area contributed by atoms with Crippen molar-refractivity contribution < 1.29 is 0 Å². The fourth-order valence-electron chi connectivity index (χ4n) is 1.80. The highest BCUT2D eigenvalue weighted by atomic mass is 32.2. The van der Waals surface area contributed by atoms with E-state index in [1.165, 1.54) is 21.6 Å². The molecular weight excluding hydrogens is 226 g/mol. The molecule has 0 saturated heterocycles. The largest absolute Gasteiger partial charge is 0.399 e. The van der Waals surface area contributed by atoms with E-state index in [-0.39, 0.29) is 0 Å². The van der Waals surface area contributed by atoms with E-state index in [0.29, 0.717) is 0 Å². The van der Waals surface area contributed by atoms with Crippen molar-refractivity contribution in [3.05, 3.63) is 59.2 Å². The van der Waals surface area contributed by atoms with Gasteiger partial charge in [-0.1, -0.05) is 29.8 Å². The first-order valence-corrected chi connectivity index (χ1v) is 6.68. The summed E-state index contributed by atoms with van der Waals surface area (Å²) in [6.07, 6.45) is 0. The van der Waals surface area contributed by atoms with Crippen LogP contribution in [0.4, 0.5) is 5.69 Å². The fraction of sp³-hybridized carbons (Fsp3) is 0.200. The van der Waals surface area contributed by atoms with E-state index < -0.39 is 0 Å². The lowest BCUT2D eigenvalue weighted by Gasteiger charge is -2.07. The van der Waals surface area contributed by atoms with E-state index in [9.17, 15) is 0 Å². The monoisotopic (exact) mass is 243 g/mol. The van der Waals surface area contributed by atoms with Crippen molar-refractivity contribution in [1.82, 2.24) is 0 Å². The Labute approximate surface area is 107 Å². The van der Waals surface area contributed by atoms with E-state index in [2.05, 4.69) is 44.2 Å². The van der Waals surface area contributed by atoms with Crippen molar-refractivity contribution in [2.75, 3.05) is 5.73 Å². The van der Waals surface area contributed by atoms with Crippen LogP contribution >= 0.6 is 11.8 Å². The summed E-state index contributed by atoms with van der Waals surface area (Å²) in [5.74, 6) is 1.01. The molecule has 1 nitrogen and oxygen atoms in total. The number of anilines is 1. The zero-order valence-electron chi connectivity index (χ0n) is 10.2. The van der Waals surface area contributed by atoms with E-state index in [1.54, 1.807) is 0 Å². The van der Waals surface area contributed by atoms with Crippen LogP contribution in [0.15, 0.2) is 47.4 Å². The Morgan fingerprint density at radius 2 is 1.88 bits per heavy atom. The molecule has 0 unspecified atom stereocenters. The summed E-state index contributed by atoms with van der Waals surface area (Å²) in [5.41, 5.74) is 10.5. The van der Waals surface area contributed by atoms with Crippen LogP contribution in [-0.2, 0) is 5.75 Å². The van der Waals surface area contributed by atoms with Crippen LogP contribution in [0, 0.1) is 13.8 Å². The lowest BCUT2D eigenvalue weighted by molar-refractivity contribution is 1.28. The summed E-state index contributed by atoms with van der Waals surface area (Å²) in [6.45, 7) is 4.23. The summed E-state index contributed by atoms with van der Waals surface area (Å²) >= 11 is 1.86. The van der Waals surface area contributed by atoms with Crippen LogP contribution in [0.1, 0.15) is 16.7 Å². The number of thioether (sulfide) groups is 1. The molecule has 0 amide bonds. The van der Waals surface area contributed by atoms with E-state index in [1.807, 2.05) is 23.9 Å². The lowest BCUT2D eigenvalue weighted by Crippen LogP contribution is -1.88. The molecule has 0 spiro atoms. The molecule has 88 valence electrons. The lowest BCUT2D eigenvalue weighted by atomic mass is 10.2. The third-order valence-electron chi connectivity index (χ3n) is 2.68. The van der Waals surface area contributed by atoms with E-state index in [4.69, 9.17) is 5.73 Å². The maximum atomic E-state index is 5.75. The van der Waals surface area contributed by atoms with E-state index in [0.717, 1.165) is 11.4 Å². The summed E-state index contributed by atoms with van der Waals surface area (Å²) in [4.78, 5) is 1.31. The van der Waals surface area contributed by atoms with Gasteiger partial charge in [0.25, 0.3) is 0 Å². The maximum absolute atomic E-state index is 5.75. The number of nitrogen functional groups attached to an aromatic ring is 1. The first-order valence-electron chi connectivity index (χ1n) is 5.69. The maximum Gasteiger partial charge on any atom is 0.0317 e. The normalized spacial score (nSPS) is 10.5. The fourth-order valence-corrected chi connectivity index (χ4v) is 2.75. The molecule has 2 heteroatoms. The summed E-state index contributed by atoms with van der Waals surface area (Å²) in [7, 11) is 0. The average molecular weight is 243 g/mol. The van der Waals surface area contributed by atoms with Crippen LogP contribution in [0.2, 0.25) is 0 Å². The summed E-state index contributed by atoms with van der Waals surface area (Å²) < 4.78 is 0. The quantitative estimate of drug-likeness (QED) is 0.646. The number of benzene rings is 2. The Balaban J connectivity index is 2.07. The molecule has 2 aromatic rings. The van der Waals surface area contributed by atoms with Gasteiger partial charge in [-0.3, -0.25) is 0 Å². The highest BCUT2D eigenvalue weighted by molar-refractivity contribution is 7.98. The number of rotatable bonds is 3. The van der Waals surface area contributed by atoms with Crippen LogP contribution in [0.5, 0.6) is 0 Å². The molecule has 0 aromatic heterocycles. The minimum atomic E-state index is 0.836. The molecular formula is C15H17NS. The Morgan fingerprint density at radius 1 is 1.06 bits per heavy atom. The van der Waals surface area contributed by atoms with Crippen molar-refractivity contribution in [2.24, 2.45) is 0 Å². The summed E-state index contributed by atoms with van der Waals surface area (Å²) in [5, 5.41) is 0. The molecule has 17 heavy (non-hydrogen) atoms. The van der Waals surface area contributed by atoms with Crippen molar-refractivity contribution in [3.63, 3.8) is 0 Å². The van der Waals surface area contributed by atoms with Crippen LogP contribution in [0.3, 0.4) is 0 Å². The molecule has 0 bridgehead atoms. The Morgan fingerprint density at radius 3 is 2.59 bits per heavy atom. The highest BCUT2D eigenvalue weighted by Gasteiger charge is 2.00. The number of nitrogens with two attached hydrogens (primary N) is 1. The van der Waals surface area contributed by atoms with Gasteiger partial charge >= 0.3 is 0 Å². The molecule has 0 aliphatic heterocycles. The van der Waals surface area contributed by atoms with Gasteiger partial charge in [-0.05, 0) is 43.2 Å². The molecule has 2 N–H and O–H groups in total. The topological polar surface area (TPSA) is 26.0 Å². The van der Waals surface area contributed by atoms with Crippen LogP contribution in [0.25, 0.3) is 0 Å². The van der Waals surface area contributed by atoms with Gasteiger partial charge in [0.15, 0.2) is 0 Å². The first-order chi connectivity index (χ1) is 8.15. The standard InChI is InChI=1S/C15H17NS/c1-11-4-3-5-13(8-11)10-17-15-7-6-14(16)9-12(15)2/h3-9H,10,16H2,1-2H3. The number of hydrogen-bond acceptors (Lipinski definition) is 2. The molecule has 2 rings (SSSR count). The molecule has 0 saturated carbocycles. The van der Waals surface area contributed by atoms with Gasteiger partial charge in [-0.15, -0.1) is 11.8 Å². The smallest absolute Gasteiger partial charge is 0.0317 e. The second-order valence-corrected chi connectivity index (χ2v) is 5.32. The second-order valence-electron chi connectivity index (χ2n) is 4.30. The SMILES string of the molecule is Cc1cccc(CSc2ccc(N)cc2C)c1. The Hall–Kier alpha value is -1.41. The van der Waals surface area contributed by atoms with Gasteiger partial charge in [-0.2, -0.15) is 0 Å². The Kier molecular flexibility index (Phi) is 3.75. The van der Waals surface area contributed by atoms with Crippen molar-refractivity contribution in [3.8, 4) is 0 Å². The predicted molar refractivity (Wildman–Crippen MR) is 76.3 cm³/mol. The van der Waals surface area contributed by atoms with Gasteiger partial charge in [0.2, 0.25) is 0 Å². The van der Waals surface area contributed by atoms with Gasteiger partial charge in [0, 0.05) is 16.3 Å². The van der Waals surface area contributed by atoms with Gasteiger partial charge in [0.05, 0.1) is 0 Å². The molecule has 0 fully saturated rings. The minimum absolute atomic E-state index is 0.836. The van der Waals surface area contributed by atoms with Gasteiger partial charge < -0.3 is 5.73 Å². The minimum Gasteiger partial charge on any atom is -0.399 e. The van der Waals surface area contributed by atoms with E-state index >= 15 is 0 Å². The third-order valence-corrected chi connectivity index (χ3v) is 3.92. The number of aryl methyl sites for hydroxylation is 2. The molecule has 0 radical (unpaired) electrons. The second kappa shape index (κ2) is 5.28. The first kappa shape index (κ1) is 12.1. The predicted octanol–water partition coefficient (Wildman–Crippen LogP) is 4.18. The third kappa shape index (κ3) is 3.27. The molecule has 0 heterocycles. The molecule has 0 atom stereocenters. The Bertz CT molecular complexity index is 520.